The summed E-state index contributed by atoms with van der Waals surface area (Å²) in [7, 11) is 0. The van der Waals surface area contributed by atoms with Gasteiger partial charge in [0.15, 0.2) is 6.10 Å². The first-order valence-electron chi connectivity index (χ1n) is 10.3. The largest absolute Gasteiger partial charge is 0.451 e. The van der Waals surface area contributed by atoms with Gasteiger partial charge in [-0.1, -0.05) is 19.1 Å². The number of hydrogen-bond donors (Lipinski definition) is 1. The predicted molar refractivity (Wildman–Crippen MR) is 108 cm³/mol. The zero-order chi connectivity index (χ0) is 22.0. The molecule has 0 unspecified atom stereocenters. The zero-order valence-corrected chi connectivity index (χ0v) is 17.7. The molecule has 162 valence electrons. The number of ether oxygens (including phenoxy) is 1. The molecule has 1 aromatic heterocycles. The number of amides is 3. The highest BCUT2D eigenvalue weighted by Gasteiger charge is 2.50. The van der Waals surface area contributed by atoms with Crippen LogP contribution in [0.5, 0.6) is 0 Å². The van der Waals surface area contributed by atoms with Gasteiger partial charge < -0.3 is 10.1 Å². The highest BCUT2D eigenvalue weighted by atomic mass is 16.5. The van der Waals surface area contributed by atoms with Crippen LogP contribution in [0.2, 0.25) is 0 Å². The molecule has 9 heteroatoms. The number of aromatic nitrogens is 2. The van der Waals surface area contributed by atoms with E-state index in [-0.39, 0.29) is 17.9 Å². The van der Waals surface area contributed by atoms with Crippen LogP contribution < -0.4 is 5.32 Å². The van der Waals surface area contributed by atoms with Gasteiger partial charge in [-0.05, 0) is 40.0 Å². The number of carbonyl (C=O) groups is 4. The molecular weight excluding hydrogens is 388 g/mol. The van der Waals surface area contributed by atoms with Gasteiger partial charge in [0.25, 0.3) is 5.91 Å². The summed E-state index contributed by atoms with van der Waals surface area (Å²) in [6, 6.07) is 0.674. The van der Waals surface area contributed by atoms with Crippen molar-refractivity contribution >= 4 is 29.5 Å². The first-order valence-corrected chi connectivity index (χ1v) is 10.3. The number of carbonyl (C=O) groups excluding carboxylic acids is 4. The summed E-state index contributed by atoms with van der Waals surface area (Å²) in [5.41, 5.74) is 0. The van der Waals surface area contributed by atoms with E-state index in [4.69, 9.17) is 4.74 Å². The molecule has 3 amide bonds. The Morgan fingerprint density at radius 3 is 2.33 bits per heavy atom. The molecule has 2 heterocycles. The molecule has 1 aromatic rings. The monoisotopic (exact) mass is 416 g/mol. The molecule has 1 N–H and O–H groups in total. The Morgan fingerprint density at radius 1 is 1.17 bits per heavy atom. The molecule has 30 heavy (non-hydrogen) atoms. The molecule has 0 bridgehead atoms. The first kappa shape index (κ1) is 21.7. The summed E-state index contributed by atoms with van der Waals surface area (Å²) in [4.78, 5) is 51.3. The minimum absolute atomic E-state index is 0.0957. The second-order valence-corrected chi connectivity index (χ2v) is 7.86. The fourth-order valence-corrected chi connectivity index (χ4v) is 3.80. The second kappa shape index (κ2) is 8.81. The molecule has 1 aliphatic heterocycles. The molecule has 0 radical (unpaired) electrons. The summed E-state index contributed by atoms with van der Waals surface area (Å²) in [5, 5.41) is 6.91. The van der Waals surface area contributed by atoms with Crippen molar-refractivity contribution in [2.45, 2.75) is 65.1 Å². The molecule has 5 atom stereocenters. The molecule has 2 aliphatic rings. The van der Waals surface area contributed by atoms with E-state index in [1.54, 1.807) is 16.9 Å². The Bertz CT molecular complexity index is 851. The third kappa shape index (κ3) is 4.01. The summed E-state index contributed by atoms with van der Waals surface area (Å²) in [6.45, 7) is 6.88. The number of nitrogens with zero attached hydrogens (tertiary/aromatic N) is 3. The first-order chi connectivity index (χ1) is 14.3. The lowest BCUT2D eigenvalue weighted by molar-refractivity contribution is -0.163. The Labute approximate surface area is 175 Å². The normalized spacial score (nSPS) is 23.7. The van der Waals surface area contributed by atoms with Crippen molar-refractivity contribution in [2.75, 3.05) is 5.32 Å². The van der Waals surface area contributed by atoms with Gasteiger partial charge in [0.05, 0.1) is 24.1 Å². The van der Waals surface area contributed by atoms with Crippen LogP contribution in [0, 0.1) is 11.8 Å². The molecule has 3 rings (SSSR count). The fourth-order valence-electron chi connectivity index (χ4n) is 3.80. The Morgan fingerprint density at radius 2 is 1.77 bits per heavy atom. The second-order valence-electron chi connectivity index (χ2n) is 7.86. The maximum atomic E-state index is 12.6. The van der Waals surface area contributed by atoms with Crippen LogP contribution in [0.3, 0.4) is 0 Å². The van der Waals surface area contributed by atoms with E-state index < -0.39 is 35.9 Å². The van der Waals surface area contributed by atoms with E-state index in [1.165, 1.54) is 13.8 Å². The molecule has 0 aromatic carbocycles. The molecule has 1 fully saturated rings. The van der Waals surface area contributed by atoms with E-state index in [0.29, 0.717) is 18.7 Å². The molecule has 1 aliphatic carbocycles. The van der Waals surface area contributed by atoms with Crippen molar-refractivity contribution in [3.05, 3.63) is 24.4 Å². The van der Waals surface area contributed by atoms with Crippen LogP contribution in [0.25, 0.3) is 0 Å². The van der Waals surface area contributed by atoms with Gasteiger partial charge in [-0.15, -0.1) is 0 Å². The van der Waals surface area contributed by atoms with Crippen LogP contribution >= 0.6 is 0 Å². The highest BCUT2D eigenvalue weighted by Crippen LogP contribution is 2.36. The van der Waals surface area contributed by atoms with E-state index >= 15 is 0 Å². The molecule has 0 saturated carbocycles. The van der Waals surface area contributed by atoms with Gasteiger partial charge in [0.2, 0.25) is 11.8 Å². The summed E-state index contributed by atoms with van der Waals surface area (Å²) < 4.78 is 6.96. The van der Waals surface area contributed by atoms with Gasteiger partial charge >= 0.3 is 5.97 Å². The number of nitrogens with one attached hydrogen (secondary N) is 1. The summed E-state index contributed by atoms with van der Waals surface area (Å²) in [6.07, 6.45) is 6.08. The van der Waals surface area contributed by atoms with E-state index in [2.05, 4.69) is 10.4 Å². The average Bonchev–Trinajstić information content (AvgIpc) is 3.29. The van der Waals surface area contributed by atoms with Gasteiger partial charge in [0, 0.05) is 6.07 Å². The third-order valence-electron chi connectivity index (χ3n) is 5.86. The third-order valence-corrected chi connectivity index (χ3v) is 5.86. The van der Waals surface area contributed by atoms with Crippen LogP contribution in [0.4, 0.5) is 5.82 Å². The van der Waals surface area contributed by atoms with E-state index in [9.17, 15) is 19.2 Å². The van der Waals surface area contributed by atoms with Gasteiger partial charge in [-0.3, -0.25) is 19.3 Å². The molecule has 1 saturated heterocycles. The Hall–Kier alpha value is -2.97. The standard InChI is InChI=1S/C21H28N4O5/c1-5-12(2)25-17(10-11-22-25)23-18(26)14(4)30-21(29)13(3)24-19(27)15-8-6-7-9-16(15)20(24)28/h6-7,10-16H,5,8-9H2,1-4H3,(H,23,26)/t12-,13-,14-,15-,16+/m0/s1. The van der Waals surface area contributed by atoms with Gasteiger partial charge in [0.1, 0.15) is 11.9 Å². The van der Waals surface area contributed by atoms with Crippen LogP contribution in [0.1, 0.15) is 53.0 Å². The number of likely N-dealkylation sites (tertiary alicyclic amines) is 1. The lowest BCUT2D eigenvalue weighted by Gasteiger charge is -2.23. The number of esters is 1. The number of imide groups is 1. The minimum atomic E-state index is -1.10. The predicted octanol–water partition coefficient (Wildman–Crippen LogP) is 2.06. The molecule has 9 nitrogen and oxygen atoms in total. The number of fused-ring (bicyclic) bond motifs is 1. The Balaban J connectivity index is 1.61. The van der Waals surface area contributed by atoms with Crippen molar-refractivity contribution in [3.63, 3.8) is 0 Å². The SMILES string of the molecule is CC[C@H](C)n1nccc1NC(=O)[C@H](C)OC(=O)[C@H](C)N1C(=O)[C@H]2CC=CC[C@H]2C1=O. The Kier molecular flexibility index (Phi) is 6.38. The summed E-state index contributed by atoms with van der Waals surface area (Å²) >= 11 is 0. The van der Waals surface area contributed by atoms with E-state index in [0.717, 1.165) is 11.3 Å². The zero-order valence-electron chi connectivity index (χ0n) is 17.7. The smallest absolute Gasteiger partial charge is 0.329 e. The van der Waals surface area contributed by atoms with Crippen LogP contribution in [-0.4, -0.2) is 50.5 Å². The quantitative estimate of drug-likeness (QED) is 0.414. The maximum Gasteiger partial charge on any atom is 0.329 e. The summed E-state index contributed by atoms with van der Waals surface area (Å²) in [5.74, 6) is -2.34. The average molecular weight is 416 g/mol. The fraction of sp³-hybridized carbons (Fsp3) is 0.571. The lowest BCUT2D eigenvalue weighted by Crippen LogP contribution is -2.46. The minimum Gasteiger partial charge on any atom is -0.451 e. The molecule has 0 spiro atoms. The topological polar surface area (TPSA) is 111 Å². The van der Waals surface area contributed by atoms with Gasteiger partial charge in [-0.25, -0.2) is 9.48 Å². The maximum absolute atomic E-state index is 12.6. The number of hydrogen-bond acceptors (Lipinski definition) is 6. The highest BCUT2D eigenvalue weighted by molar-refractivity contribution is 6.08. The lowest BCUT2D eigenvalue weighted by atomic mass is 9.85. The van der Waals surface area contributed by atoms with Gasteiger partial charge in [-0.2, -0.15) is 5.10 Å². The van der Waals surface area contributed by atoms with Crippen LogP contribution in [0.15, 0.2) is 24.4 Å². The van der Waals surface area contributed by atoms with Crippen molar-refractivity contribution in [1.29, 1.82) is 0 Å². The van der Waals surface area contributed by atoms with Crippen molar-refractivity contribution in [1.82, 2.24) is 14.7 Å². The number of allylic oxidation sites excluding steroid dienone is 2. The van der Waals surface area contributed by atoms with Crippen molar-refractivity contribution in [2.24, 2.45) is 11.8 Å². The number of anilines is 1. The number of rotatable bonds is 7. The molecular formula is C21H28N4O5. The van der Waals surface area contributed by atoms with Crippen molar-refractivity contribution < 1.29 is 23.9 Å². The van der Waals surface area contributed by atoms with E-state index in [1.807, 2.05) is 26.0 Å². The van der Waals surface area contributed by atoms with Crippen LogP contribution in [-0.2, 0) is 23.9 Å². The van der Waals surface area contributed by atoms with Crippen molar-refractivity contribution in [3.8, 4) is 0 Å².